The molecule has 0 aromatic heterocycles. The summed E-state index contributed by atoms with van der Waals surface area (Å²) in [6.45, 7) is 2.50. The second-order valence-corrected chi connectivity index (χ2v) is 9.57. The van der Waals surface area contributed by atoms with E-state index >= 15 is 0 Å². The number of carbonyl (C=O) groups excluding carboxylic acids is 3. The van der Waals surface area contributed by atoms with Crippen molar-refractivity contribution in [2.24, 2.45) is 11.8 Å². The van der Waals surface area contributed by atoms with Gasteiger partial charge in [0, 0.05) is 51.8 Å². The molecule has 35 heavy (non-hydrogen) atoms. The number of nitrogens with zero attached hydrogens (tertiary/aromatic N) is 3. The number of likely N-dealkylation sites (tertiary alicyclic amines) is 1. The summed E-state index contributed by atoms with van der Waals surface area (Å²) >= 11 is 0. The van der Waals surface area contributed by atoms with Crippen LogP contribution in [0.2, 0.25) is 0 Å². The first-order valence-corrected chi connectivity index (χ1v) is 12.3. The van der Waals surface area contributed by atoms with Crippen LogP contribution in [0.4, 0.5) is 0 Å². The van der Waals surface area contributed by atoms with Gasteiger partial charge in [0.1, 0.15) is 25.5 Å². The van der Waals surface area contributed by atoms with E-state index in [4.69, 9.17) is 9.47 Å². The number of piperidine rings is 1. The van der Waals surface area contributed by atoms with Crippen molar-refractivity contribution in [2.45, 2.75) is 31.9 Å². The number of amides is 3. The number of benzene rings is 1. The van der Waals surface area contributed by atoms with E-state index in [2.05, 4.69) is 6.08 Å². The van der Waals surface area contributed by atoms with Gasteiger partial charge in [-0.25, -0.2) is 0 Å². The number of β-amino-alcohol motifs (C(OH)–C–C–N with tert-alkyl or cyclic N) is 1. The first kappa shape index (κ1) is 25.2. The fraction of sp³-hybridized carbons (Fsp3) is 0.577. The number of aliphatic hydroxyl groups excluding tert-OH is 1. The highest BCUT2D eigenvalue weighted by Gasteiger charge is 2.34. The number of methoxy groups -OCH3 is 1. The highest BCUT2D eigenvalue weighted by atomic mass is 16.5. The molecule has 1 N–H and O–H groups in total. The van der Waals surface area contributed by atoms with Crippen LogP contribution in [0.3, 0.4) is 0 Å². The number of hydrogen-bond donors (Lipinski definition) is 1. The number of rotatable bonds is 4. The SMILES string of the molecule is COCC(=O)N1CC(=O)N2CC[C@@H](CC(=O)N3CC[C@@H](O)C3)[C@@H](/C=C/COc3ccccc3C1)C2. The normalized spacial score (nSPS) is 26.2. The van der Waals surface area contributed by atoms with Gasteiger partial charge in [0.15, 0.2) is 0 Å². The molecule has 0 saturated carbocycles. The number of ether oxygens (including phenoxy) is 2. The summed E-state index contributed by atoms with van der Waals surface area (Å²) in [7, 11) is 1.46. The van der Waals surface area contributed by atoms with E-state index in [1.165, 1.54) is 12.0 Å². The molecule has 0 radical (unpaired) electrons. The second-order valence-electron chi connectivity index (χ2n) is 9.57. The molecule has 0 unspecified atom stereocenters. The average molecular weight is 486 g/mol. The minimum Gasteiger partial charge on any atom is -0.489 e. The Morgan fingerprint density at radius 1 is 1.09 bits per heavy atom. The zero-order valence-electron chi connectivity index (χ0n) is 20.3. The third-order valence-electron chi connectivity index (χ3n) is 7.11. The van der Waals surface area contributed by atoms with Gasteiger partial charge < -0.3 is 29.3 Å². The summed E-state index contributed by atoms with van der Waals surface area (Å²) in [6.07, 6.45) is 5.30. The van der Waals surface area contributed by atoms with Crippen LogP contribution in [-0.2, 0) is 25.7 Å². The van der Waals surface area contributed by atoms with Crippen molar-refractivity contribution in [1.29, 1.82) is 0 Å². The van der Waals surface area contributed by atoms with Crippen molar-refractivity contribution < 1.29 is 29.0 Å². The van der Waals surface area contributed by atoms with Crippen molar-refractivity contribution in [3.05, 3.63) is 42.0 Å². The van der Waals surface area contributed by atoms with Gasteiger partial charge in [-0.2, -0.15) is 0 Å². The van der Waals surface area contributed by atoms with Crippen molar-refractivity contribution in [3.8, 4) is 5.75 Å². The Hall–Kier alpha value is -2.91. The molecule has 3 atom stereocenters. The lowest BCUT2D eigenvalue weighted by Gasteiger charge is -2.38. The predicted octanol–water partition coefficient (Wildman–Crippen LogP) is 1.06. The molecule has 3 aliphatic rings. The van der Waals surface area contributed by atoms with Crippen LogP contribution in [0.15, 0.2) is 36.4 Å². The minimum absolute atomic E-state index is 0.00639. The fourth-order valence-corrected chi connectivity index (χ4v) is 5.11. The van der Waals surface area contributed by atoms with Gasteiger partial charge in [0.2, 0.25) is 17.7 Å². The van der Waals surface area contributed by atoms with E-state index in [-0.39, 0.29) is 49.3 Å². The van der Waals surface area contributed by atoms with Crippen LogP contribution >= 0.6 is 0 Å². The molecular weight excluding hydrogens is 450 g/mol. The largest absolute Gasteiger partial charge is 0.489 e. The van der Waals surface area contributed by atoms with Gasteiger partial charge in [0.25, 0.3) is 0 Å². The number of para-hydroxylation sites is 1. The number of fused-ring (bicyclic) bond motifs is 3. The highest BCUT2D eigenvalue weighted by Crippen LogP contribution is 2.30. The number of aliphatic hydroxyl groups is 1. The van der Waals surface area contributed by atoms with Crippen LogP contribution in [0.25, 0.3) is 0 Å². The van der Waals surface area contributed by atoms with Gasteiger partial charge in [-0.3, -0.25) is 14.4 Å². The van der Waals surface area contributed by atoms with Crippen LogP contribution < -0.4 is 4.74 Å². The monoisotopic (exact) mass is 485 g/mol. The maximum atomic E-state index is 13.3. The Morgan fingerprint density at radius 3 is 2.69 bits per heavy atom. The Bertz CT molecular complexity index is 951. The van der Waals surface area contributed by atoms with Crippen LogP contribution in [-0.4, -0.2) is 96.7 Å². The summed E-state index contributed by atoms with van der Waals surface area (Å²) in [5.74, 6) is 0.466. The smallest absolute Gasteiger partial charge is 0.249 e. The molecule has 0 spiro atoms. The van der Waals surface area contributed by atoms with Crippen LogP contribution in [0.1, 0.15) is 24.8 Å². The maximum Gasteiger partial charge on any atom is 0.249 e. The predicted molar refractivity (Wildman–Crippen MR) is 128 cm³/mol. The fourth-order valence-electron chi connectivity index (χ4n) is 5.11. The minimum atomic E-state index is -0.438. The molecule has 9 heteroatoms. The number of carbonyl (C=O) groups is 3. The van der Waals surface area contributed by atoms with E-state index in [0.717, 1.165) is 5.56 Å². The van der Waals surface area contributed by atoms with E-state index in [9.17, 15) is 19.5 Å². The molecule has 3 amide bonds. The number of hydrogen-bond acceptors (Lipinski definition) is 6. The third-order valence-corrected chi connectivity index (χ3v) is 7.11. The molecule has 1 aromatic rings. The molecule has 2 fully saturated rings. The summed E-state index contributed by atoms with van der Waals surface area (Å²) in [6, 6.07) is 7.51. The Balaban J connectivity index is 1.53. The lowest BCUT2D eigenvalue weighted by molar-refractivity contribution is -0.144. The quantitative estimate of drug-likeness (QED) is 0.641. The molecule has 3 heterocycles. The van der Waals surface area contributed by atoms with Crippen molar-refractivity contribution >= 4 is 17.7 Å². The molecule has 3 aliphatic heterocycles. The summed E-state index contributed by atoms with van der Waals surface area (Å²) in [5, 5.41) is 9.79. The molecular formula is C26H35N3O6. The molecule has 2 saturated heterocycles. The molecule has 9 nitrogen and oxygen atoms in total. The Kier molecular flexibility index (Phi) is 8.41. The van der Waals surface area contributed by atoms with E-state index in [1.54, 1.807) is 9.80 Å². The second kappa shape index (κ2) is 11.7. The lowest BCUT2D eigenvalue weighted by Crippen LogP contribution is -2.49. The standard InChI is InChI=1S/C26H35N3O6/c1-34-18-26(33)29-15-21-5-2-3-7-23(21)35-12-4-6-20-14-27(25(32)17-29)10-8-19(20)13-24(31)28-11-9-22(30)16-28/h2-7,19-20,22,30H,8-18H2,1H3/b6-4+/t19-,20-,22+/m0/s1. The average Bonchev–Trinajstić information content (AvgIpc) is 3.29. The van der Waals surface area contributed by atoms with E-state index in [1.807, 2.05) is 30.3 Å². The summed E-state index contributed by atoms with van der Waals surface area (Å²) in [5.41, 5.74) is 0.826. The van der Waals surface area contributed by atoms with Crippen LogP contribution in [0.5, 0.6) is 5.75 Å². The molecule has 190 valence electrons. The molecule has 2 bridgehead atoms. The van der Waals surface area contributed by atoms with Gasteiger partial charge in [-0.05, 0) is 30.7 Å². The molecule has 0 aliphatic carbocycles. The van der Waals surface area contributed by atoms with Crippen molar-refractivity contribution in [3.63, 3.8) is 0 Å². The van der Waals surface area contributed by atoms with Crippen molar-refractivity contribution in [1.82, 2.24) is 14.7 Å². The molecule has 4 rings (SSSR count). The summed E-state index contributed by atoms with van der Waals surface area (Å²) < 4.78 is 11.1. The van der Waals surface area contributed by atoms with Gasteiger partial charge in [-0.1, -0.05) is 30.4 Å². The van der Waals surface area contributed by atoms with Crippen LogP contribution in [0, 0.1) is 11.8 Å². The van der Waals surface area contributed by atoms with Crippen molar-refractivity contribution in [2.75, 3.05) is 53.0 Å². The Morgan fingerprint density at radius 2 is 1.91 bits per heavy atom. The van der Waals surface area contributed by atoms with Gasteiger partial charge in [-0.15, -0.1) is 0 Å². The highest BCUT2D eigenvalue weighted by molar-refractivity contribution is 5.85. The van der Waals surface area contributed by atoms with Gasteiger partial charge in [0.05, 0.1) is 6.10 Å². The van der Waals surface area contributed by atoms with Gasteiger partial charge >= 0.3 is 0 Å². The lowest BCUT2D eigenvalue weighted by atomic mass is 9.82. The zero-order chi connectivity index (χ0) is 24.8. The summed E-state index contributed by atoms with van der Waals surface area (Å²) in [4.78, 5) is 43.9. The zero-order valence-corrected chi connectivity index (χ0v) is 20.3. The van der Waals surface area contributed by atoms with E-state index < -0.39 is 6.10 Å². The topological polar surface area (TPSA) is 99.6 Å². The first-order valence-electron chi connectivity index (χ1n) is 12.3. The molecule has 1 aromatic carbocycles. The maximum absolute atomic E-state index is 13.3. The first-order chi connectivity index (χ1) is 16.9. The third kappa shape index (κ3) is 6.41. The Labute approximate surface area is 206 Å². The van der Waals surface area contributed by atoms with E-state index in [0.29, 0.717) is 57.8 Å².